The number of aryl methyl sites for hydroxylation is 1. The molecule has 0 radical (unpaired) electrons. The first kappa shape index (κ1) is 28.4. The predicted molar refractivity (Wildman–Crippen MR) is 138 cm³/mol. The van der Waals surface area contributed by atoms with Crippen LogP contribution < -0.4 is 14.4 Å². The first-order valence-electron chi connectivity index (χ1n) is 13.3. The number of hydrogen-bond acceptors (Lipinski definition) is 9. The largest absolute Gasteiger partial charge is 0.490 e. The summed E-state index contributed by atoms with van der Waals surface area (Å²) in [5, 5.41) is 15.4. The summed E-state index contributed by atoms with van der Waals surface area (Å²) in [4.78, 5) is 54.1. The first-order valence-corrected chi connectivity index (χ1v) is 13.3. The fourth-order valence-electron chi connectivity index (χ4n) is 5.94. The maximum Gasteiger partial charge on any atom is 0.235 e. The highest BCUT2D eigenvalue weighted by atomic mass is 16.8. The van der Waals surface area contributed by atoms with Crippen molar-refractivity contribution in [2.45, 2.75) is 79.8 Å². The van der Waals surface area contributed by atoms with E-state index in [1.807, 2.05) is 27.7 Å². The number of Topliss-reactive ketones (excluding diaryl/α,β-unsaturated/α-hetero) is 4. The zero-order valence-electron chi connectivity index (χ0n) is 23.4. The number of rotatable bonds is 8. The summed E-state index contributed by atoms with van der Waals surface area (Å²) in [6.45, 7) is 11.0. The van der Waals surface area contributed by atoms with E-state index in [2.05, 4.69) is 9.79 Å². The summed E-state index contributed by atoms with van der Waals surface area (Å²) in [5.41, 5.74) is 0.105. The molecule has 39 heavy (non-hydrogen) atoms. The summed E-state index contributed by atoms with van der Waals surface area (Å²) < 4.78 is 16.3. The van der Waals surface area contributed by atoms with Gasteiger partial charge < -0.3 is 14.7 Å². The molecule has 10 heteroatoms. The molecule has 10 nitrogen and oxygen atoms in total. The lowest BCUT2D eigenvalue weighted by Gasteiger charge is -2.41. The SMILES string of the molecule is CCOc1cc(C(C2C(=O)CC(C)(C)CC2=O)C2C(=O)CC(C)(C)CC2=O)ccc1OCc1c(C)no[n+]1[O-]. The molecule has 2 fully saturated rings. The third kappa shape index (κ3) is 5.89. The van der Waals surface area contributed by atoms with E-state index in [0.717, 1.165) is 0 Å². The molecule has 4 rings (SSSR count). The maximum atomic E-state index is 13.4. The Morgan fingerprint density at radius 2 is 1.44 bits per heavy atom. The molecule has 0 amide bonds. The van der Waals surface area contributed by atoms with Crippen LogP contribution in [-0.2, 0) is 25.8 Å². The minimum Gasteiger partial charge on any atom is -0.490 e. The second-order valence-corrected chi connectivity index (χ2v) is 12.3. The average Bonchev–Trinajstić information content (AvgIpc) is 3.12. The first-order chi connectivity index (χ1) is 18.2. The summed E-state index contributed by atoms with van der Waals surface area (Å²) in [6, 6.07) is 4.90. The zero-order valence-corrected chi connectivity index (χ0v) is 23.4. The molecule has 2 aliphatic rings. The molecule has 0 unspecified atom stereocenters. The van der Waals surface area contributed by atoms with Gasteiger partial charge in [-0.25, -0.2) is 0 Å². The van der Waals surface area contributed by atoms with Crippen molar-refractivity contribution in [1.29, 1.82) is 0 Å². The molecule has 0 spiro atoms. The fraction of sp³-hybridized carbons (Fsp3) is 0.586. The molecule has 1 aromatic carbocycles. The van der Waals surface area contributed by atoms with Gasteiger partial charge in [0.25, 0.3) is 0 Å². The van der Waals surface area contributed by atoms with Gasteiger partial charge in [0, 0.05) is 43.7 Å². The molecule has 0 N–H and O–H groups in total. The van der Waals surface area contributed by atoms with E-state index in [1.54, 1.807) is 32.0 Å². The molecule has 2 saturated carbocycles. The topological polar surface area (TPSA) is 140 Å². The van der Waals surface area contributed by atoms with Gasteiger partial charge in [-0.05, 0) is 40.4 Å². The Bertz CT molecular complexity index is 1200. The molecule has 0 atom stereocenters. The Kier molecular flexibility index (Phi) is 7.69. The van der Waals surface area contributed by atoms with Crippen molar-refractivity contribution in [2.75, 3.05) is 6.61 Å². The molecule has 1 aromatic heterocycles. The summed E-state index contributed by atoms with van der Waals surface area (Å²) in [7, 11) is 0. The fourth-order valence-corrected chi connectivity index (χ4v) is 5.94. The molecule has 210 valence electrons. The van der Waals surface area contributed by atoms with Crippen LogP contribution in [0, 0.1) is 34.8 Å². The number of ketones is 4. The Morgan fingerprint density at radius 3 is 1.87 bits per heavy atom. The highest BCUT2D eigenvalue weighted by Crippen LogP contribution is 2.48. The van der Waals surface area contributed by atoms with Crippen LogP contribution in [0.25, 0.3) is 0 Å². The minimum absolute atomic E-state index is 0.134. The summed E-state index contributed by atoms with van der Waals surface area (Å²) in [5.74, 6) is -3.55. The van der Waals surface area contributed by atoms with Crippen LogP contribution in [0.3, 0.4) is 0 Å². The third-order valence-electron chi connectivity index (χ3n) is 7.62. The van der Waals surface area contributed by atoms with E-state index in [9.17, 15) is 24.4 Å². The number of nitrogens with zero attached hydrogens (tertiary/aromatic N) is 2. The van der Waals surface area contributed by atoms with E-state index >= 15 is 0 Å². The van der Waals surface area contributed by atoms with Crippen LogP contribution in [0.15, 0.2) is 22.8 Å². The molecule has 2 aliphatic carbocycles. The van der Waals surface area contributed by atoms with Gasteiger partial charge in [-0.2, -0.15) is 0 Å². The monoisotopic (exact) mass is 540 g/mol. The van der Waals surface area contributed by atoms with Crippen LogP contribution in [0.1, 0.15) is 83.2 Å². The average molecular weight is 541 g/mol. The normalized spacial score (nSPS) is 20.1. The van der Waals surface area contributed by atoms with E-state index < -0.39 is 28.6 Å². The molecule has 0 aliphatic heterocycles. The van der Waals surface area contributed by atoms with Gasteiger partial charge in [-0.3, -0.25) is 23.8 Å². The molecule has 1 heterocycles. The molecule has 0 bridgehead atoms. The minimum atomic E-state index is -1.10. The molecular weight excluding hydrogens is 504 g/mol. The van der Waals surface area contributed by atoms with Crippen LogP contribution in [0.4, 0.5) is 0 Å². The van der Waals surface area contributed by atoms with E-state index in [4.69, 9.17) is 9.47 Å². The lowest BCUT2D eigenvalue weighted by atomic mass is 9.59. The second-order valence-electron chi connectivity index (χ2n) is 12.3. The Hall–Kier alpha value is -3.56. The van der Waals surface area contributed by atoms with Crippen molar-refractivity contribution in [2.24, 2.45) is 22.7 Å². The summed E-state index contributed by atoms with van der Waals surface area (Å²) >= 11 is 0. The van der Waals surface area contributed by atoms with E-state index in [1.165, 1.54) is 0 Å². The number of ether oxygens (including phenoxy) is 2. The summed E-state index contributed by atoms with van der Waals surface area (Å²) in [6.07, 6.45) is 0.751. The van der Waals surface area contributed by atoms with Crippen LogP contribution in [-0.4, -0.2) is 34.9 Å². The van der Waals surface area contributed by atoms with Crippen molar-refractivity contribution >= 4 is 23.1 Å². The van der Waals surface area contributed by atoms with Gasteiger partial charge in [0.2, 0.25) is 11.4 Å². The lowest BCUT2D eigenvalue weighted by Crippen LogP contribution is -2.48. The highest BCUT2D eigenvalue weighted by Gasteiger charge is 2.52. The van der Waals surface area contributed by atoms with E-state index in [-0.39, 0.29) is 72.6 Å². The molecule has 2 aromatic rings. The van der Waals surface area contributed by atoms with Crippen molar-refractivity contribution in [1.82, 2.24) is 5.16 Å². The number of carbonyl (C=O) groups excluding carboxylic acids is 4. The van der Waals surface area contributed by atoms with Gasteiger partial charge in [-0.1, -0.05) is 33.8 Å². The highest BCUT2D eigenvalue weighted by molar-refractivity contribution is 6.11. The van der Waals surface area contributed by atoms with Crippen molar-refractivity contribution in [3.63, 3.8) is 0 Å². The van der Waals surface area contributed by atoms with Gasteiger partial charge in [0.1, 0.15) is 23.1 Å². The molecule has 0 saturated heterocycles. The second kappa shape index (κ2) is 10.5. The van der Waals surface area contributed by atoms with Gasteiger partial charge in [-0.15, -0.1) is 0 Å². The number of carbonyl (C=O) groups is 4. The quantitative estimate of drug-likeness (QED) is 0.361. The predicted octanol–water partition coefficient (Wildman–Crippen LogP) is 3.83. The van der Waals surface area contributed by atoms with Gasteiger partial charge in [0.05, 0.1) is 18.4 Å². The number of aromatic nitrogens is 2. The standard InChI is InChI=1S/C29H36N2O8/c1-7-37-24-10-17(8-9-23(24)38-15-18-16(2)30-39-31(18)36)25(26-19(32)11-28(3,4)12-20(26)33)27-21(34)13-29(5,6)14-22(27)35/h8-10,25-27H,7,11-15H2,1-6H3. The van der Waals surface area contributed by atoms with Gasteiger partial charge >= 0.3 is 0 Å². The maximum absolute atomic E-state index is 13.4. The lowest BCUT2D eigenvalue weighted by molar-refractivity contribution is -0.808. The van der Waals surface area contributed by atoms with Gasteiger partial charge in [0.15, 0.2) is 18.1 Å². The van der Waals surface area contributed by atoms with E-state index in [0.29, 0.717) is 22.8 Å². The van der Waals surface area contributed by atoms with Crippen LogP contribution in [0.2, 0.25) is 0 Å². The smallest absolute Gasteiger partial charge is 0.235 e. The Morgan fingerprint density at radius 1 is 0.923 bits per heavy atom. The van der Waals surface area contributed by atoms with Crippen molar-refractivity contribution in [3.8, 4) is 11.5 Å². The zero-order chi connectivity index (χ0) is 28.7. The van der Waals surface area contributed by atoms with Crippen molar-refractivity contribution < 1.29 is 38.2 Å². The Balaban J connectivity index is 1.76. The van der Waals surface area contributed by atoms with Crippen molar-refractivity contribution in [3.05, 3.63) is 40.4 Å². The number of hydrogen-bond donors (Lipinski definition) is 0. The van der Waals surface area contributed by atoms with Crippen LogP contribution in [0.5, 0.6) is 11.5 Å². The number of benzene rings is 1. The third-order valence-corrected chi connectivity index (χ3v) is 7.62. The van der Waals surface area contributed by atoms with Crippen LogP contribution >= 0.6 is 0 Å². The Labute approximate surface area is 227 Å². The molecular formula is C29H36N2O8.